The van der Waals surface area contributed by atoms with Gasteiger partial charge in [0, 0.05) is 13.1 Å². The summed E-state index contributed by atoms with van der Waals surface area (Å²) in [6.45, 7) is 4.29. The van der Waals surface area contributed by atoms with Crippen LogP contribution in [0, 0.1) is 5.41 Å². The Labute approximate surface area is 133 Å². The predicted octanol–water partition coefficient (Wildman–Crippen LogP) is 1.41. The van der Waals surface area contributed by atoms with Crippen LogP contribution in [0.4, 0.5) is 0 Å². The van der Waals surface area contributed by atoms with Crippen LogP contribution in [0.3, 0.4) is 0 Å². The van der Waals surface area contributed by atoms with Gasteiger partial charge in [0.05, 0.1) is 18.6 Å². The number of ether oxygens (including phenoxy) is 1. The molecule has 5 nitrogen and oxygen atoms in total. The molecular formula is C17H27N3O2. The molecular weight excluding hydrogens is 278 g/mol. The van der Waals surface area contributed by atoms with Gasteiger partial charge in [-0.25, -0.2) is 0 Å². The van der Waals surface area contributed by atoms with Crippen LogP contribution < -0.4 is 15.4 Å². The first kappa shape index (κ1) is 16.8. The molecule has 122 valence electrons. The highest BCUT2D eigenvalue weighted by Gasteiger charge is 2.36. The van der Waals surface area contributed by atoms with Crippen LogP contribution in [0.25, 0.3) is 0 Å². The number of benzene rings is 1. The fourth-order valence-electron chi connectivity index (χ4n) is 2.86. The topological polar surface area (TPSA) is 53.6 Å². The third-order valence-electron chi connectivity index (χ3n) is 4.47. The molecule has 1 fully saturated rings. The zero-order chi connectivity index (χ0) is 16.2. The molecule has 1 amide bonds. The summed E-state index contributed by atoms with van der Waals surface area (Å²) in [5, 5.41) is 6.38. The first-order valence-electron chi connectivity index (χ1n) is 7.76. The third kappa shape index (κ3) is 3.78. The second-order valence-corrected chi connectivity index (χ2v) is 6.45. The lowest BCUT2D eigenvalue weighted by atomic mass is 9.88. The number of hydrogen-bond acceptors (Lipinski definition) is 4. The van der Waals surface area contributed by atoms with Gasteiger partial charge in [0.15, 0.2) is 0 Å². The summed E-state index contributed by atoms with van der Waals surface area (Å²) in [6, 6.07) is 8.12. The summed E-state index contributed by atoms with van der Waals surface area (Å²) in [4.78, 5) is 14.6. The van der Waals surface area contributed by atoms with Crippen molar-refractivity contribution in [3.63, 3.8) is 0 Å². The maximum absolute atomic E-state index is 12.5. The average molecular weight is 305 g/mol. The van der Waals surface area contributed by atoms with Crippen molar-refractivity contribution in [1.82, 2.24) is 15.5 Å². The summed E-state index contributed by atoms with van der Waals surface area (Å²) in [5.41, 5.74) is 0.852. The summed E-state index contributed by atoms with van der Waals surface area (Å²) in [5.74, 6) is 0.967. The third-order valence-corrected chi connectivity index (χ3v) is 4.47. The molecule has 0 saturated carbocycles. The van der Waals surface area contributed by atoms with Crippen molar-refractivity contribution in [3.05, 3.63) is 29.8 Å². The molecule has 0 bridgehead atoms. The van der Waals surface area contributed by atoms with Gasteiger partial charge >= 0.3 is 0 Å². The lowest BCUT2D eigenvalue weighted by Crippen LogP contribution is -2.43. The van der Waals surface area contributed by atoms with Gasteiger partial charge in [-0.1, -0.05) is 12.1 Å². The zero-order valence-corrected chi connectivity index (χ0v) is 14.0. The number of carbonyl (C=O) groups excluding carboxylic acids is 1. The van der Waals surface area contributed by atoms with E-state index in [4.69, 9.17) is 4.74 Å². The molecule has 1 aromatic carbocycles. The molecule has 1 aromatic rings. The SMILES string of the molecule is COc1cccc(C(CNC(=O)C2(C)CCNC2)N(C)C)c1. The van der Waals surface area contributed by atoms with Crippen molar-refractivity contribution in [1.29, 1.82) is 0 Å². The van der Waals surface area contributed by atoms with Gasteiger partial charge in [-0.05, 0) is 51.7 Å². The van der Waals surface area contributed by atoms with Crippen molar-refractivity contribution < 1.29 is 9.53 Å². The fraction of sp³-hybridized carbons (Fsp3) is 0.588. The number of carbonyl (C=O) groups is 1. The van der Waals surface area contributed by atoms with E-state index in [-0.39, 0.29) is 17.4 Å². The van der Waals surface area contributed by atoms with Crippen molar-refractivity contribution in [2.75, 3.05) is 40.8 Å². The van der Waals surface area contributed by atoms with Crippen molar-refractivity contribution >= 4 is 5.91 Å². The maximum Gasteiger partial charge on any atom is 0.227 e. The molecule has 2 N–H and O–H groups in total. The smallest absolute Gasteiger partial charge is 0.227 e. The van der Waals surface area contributed by atoms with E-state index in [0.717, 1.165) is 30.8 Å². The highest BCUT2D eigenvalue weighted by atomic mass is 16.5. The first-order valence-corrected chi connectivity index (χ1v) is 7.76. The van der Waals surface area contributed by atoms with E-state index >= 15 is 0 Å². The molecule has 22 heavy (non-hydrogen) atoms. The molecule has 2 rings (SSSR count). The molecule has 5 heteroatoms. The van der Waals surface area contributed by atoms with E-state index in [1.165, 1.54) is 0 Å². The van der Waals surface area contributed by atoms with E-state index in [9.17, 15) is 4.79 Å². The molecule has 0 aliphatic carbocycles. The Morgan fingerprint density at radius 3 is 2.86 bits per heavy atom. The molecule has 0 radical (unpaired) electrons. The van der Waals surface area contributed by atoms with Crippen LogP contribution in [0.15, 0.2) is 24.3 Å². The van der Waals surface area contributed by atoms with Crippen LogP contribution in [0.2, 0.25) is 0 Å². The standard InChI is InChI=1S/C17H27N3O2/c1-17(8-9-18-12-17)16(21)19-11-15(20(2)3)13-6-5-7-14(10-13)22-4/h5-7,10,15,18H,8-9,11-12H2,1-4H3,(H,19,21). The first-order chi connectivity index (χ1) is 10.5. The number of hydrogen-bond donors (Lipinski definition) is 2. The lowest BCUT2D eigenvalue weighted by molar-refractivity contribution is -0.129. The minimum absolute atomic E-state index is 0.122. The second kappa shape index (κ2) is 7.11. The number of rotatable bonds is 6. The summed E-state index contributed by atoms with van der Waals surface area (Å²) in [7, 11) is 5.71. The Balaban J connectivity index is 2.04. The van der Waals surface area contributed by atoms with Crippen LogP contribution >= 0.6 is 0 Å². The van der Waals surface area contributed by atoms with E-state index in [2.05, 4.69) is 21.6 Å². The quantitative estimate of drug-likeness (QED) is 0.834. The van der Waals surface area contributed by atoms with Gasteiger partial charge in [-0.15, -0.1) is 0 Å². The van der Waals surface area contributed by atoms with Crippen molar-refractivity contribution in [2.24, 2.45) is 5.41 Å². The van der Waals surface area contributed by atoms with E-state index < -0.39 is 0 Å². The van der Waals surface area contributed by atoms with Crippen molar-refractivity contribution in [3.8, 4) is 5.75 Å². The monoisotopic (exact) mass is 305 g/mol. The Kier molecular flexibility index (Phi) is 5.42. The Morgan fingerprint density at radius 2 is 2.27 bits per heavy atom. The van der Waals surface area contributed by atoms with Gasteiger partial charge in [0.2, 0.25) is 5.91 Å². The van der Waals surface area contributed by atoms with Crippen LogP contribution in [-0.2, 0) is 4.79 Å². The second-order valence-electron chi connectivity index (χ2n) is 6.45. The molecule has 1 saturated heterocycles. The van der Waals surface area contributed by atoms with E-state index in [1.54, 1.807) is 7.11 Å². The van der Waals surface area contributed by atoms with Crippen LogP contribution in [0.1, 0.15) is 24.9 Å². The largest absolute Gasteiger partial charge is 0.497 e. The summed E-state index contributed by atoms with van der Waals surface area (Å²) >= 11 is 0. The molecule has 1 aliphatic heterocycles. The van der Waals surface area contributed by atoms with E-state index in [1.807, 2.05) is 39.2 Å². The van der Waals surface area contributed by atoms with E-state index in [0.29, 0.717) is 6.54 Å². The van der Waals surface area contributed by atoms with Crippen LogP contribution in [0.5, 0.6) is 5.75 Å². The molecule has 0 spiro atoms. The Morgan fingerprint density at radius 1 is 1.50 bits per heavy atom. The summed E-state index contributed by atoms with van der Waals surface area (Å²) < 4.78 is 5.29. The zero-order valence-electron chi connectivity index (χ0n) is 14.0. The van der Waals surface area contributed by atoms with Gasteiger partial charge in [0.1, 0.15) is 5.75 Å². The van der Waals surface area contributed by atoms with Crippen LogP contribution in [-0.4, -0.2) is 51.6 Å². The van der Waals surface area contributed by atoms with Gasteiger partial charge < -0.3 is 20.3 Å². The van der Waals surface area contributed by atoms with Gasteiger partial charge in [-0.3, -0.25) is 4.79 Å². The number of nitrogens with zero attached hydrogens (tertiary/aromatic N) is 1. The minimum Gasteiger partial charge on any atom is -0.497 e. The molecule has 0 aromatic heterocycles. The molecule has 2 unspecified atom stereocenters. The highest BCUT2D eigenvalue weighted by molar-refractivity contribution is 5.82. The normalized spacial score (nSPS) is 22.6. The molecule has 2 atom stereocenters. The predicted molar refractivity (Wildman–Crippen MR) is 88.0 cm³/mol. The van der Waals surface area contributed by atoms with Gasteiger partial charge in [0.25, 0.3) is 0 Å². The Hall–Kier alpha value is -1.59. The average Bonchev–Trinajstić information content (AvgIpc) is 2.95. The highest BCUT2D eigenvalue weighted by Crippen LogP contribution is 2.26. The van der Waals surface area contributed by atoms with Crippen molar-refractivity contribution in [2.45, 2.75) is 19.4 Å². The lowest BCUT2D eigenvalue weighted by Gasteiger charge is -2.28. The number of amides is 1. The Bertz CT molecular complexity index is 510. The summed E-state index contributed by atoms with van der Waals surface area (Å²) in [6.07, 6.45) is 0.893. The molecule has 1 aliphatic rings. The number of likely N-dealkylation sites (N-methyl/N-ethyl adjacent to an activating group) is 1. The number of nitrogens with one attached hydrogen (secondary N) is 2. The number of methoxy groups -OCH3 is 1. The maximum atomic E-state index is 12.5. The van der Waals surface area contributed by atoms with Gasteiger partial charge in [-0.2, -0.15) is 0 Å². The fourth-order valence-corrected chi connectivity index (χ4v) is 2.86. The molecule has 1 heterocycles. The minimum atomic E-state index is -0.286.